The van der Waals surface area contributed by atoms with Gasteiger partial charge in [-0.1, -0.05) is 48.9 Å². The average molecular weight is 318 g/mol. The molecule has 0 saturated carbocycles. The molecule has 1 unspecified atom stereocenters. The van der Waals surface area contributed by atoms with Gasteiger partial charge in [-0.15, -0.1) is 0 Å². The minimum Gasteiger partial charge on any atom is -0.494 e. The van der Waals surface area contributed by atoms with Gasteiger partial charge in [0.05, 0.1) is 6.61 Å². The number of hydrogen-bond donors (Lipinski definition) is 1. The molecule has 2 N–H and O–H groups in total. The largest absolute Gasteiger partial charge is 0.494 e. The van der Waals surface area contributed by atoms with Crippen molar-refractivity contribution >= 4 is 11.6 Å². The molecule has 3 heteroatoms. The third-order valence-electron chi connectivity index (χ3n) is 4.25. The highest BCUT2D eigenvalue weighted by Gasteiger charge is 2.24. The first kappa shape index (κ1) is 16.9. The molecule has 0 amide bonds. The molecule has 0 radical (unpaired) electrons. The van der Waals surface area contributed by atoms with E-state index in [4.69, 9.17) is 22.1 Å². The summed E-state index contributed by atoms with van der Waals surface area (Å²) in [5.41, 5.74) is 9.28. The summed E-state index contributed by atoms with van der Waals surface area (Å²) in [6.07, 6.45) is 0.869. The van der Waals surface area contributed by atoms with Crippen LogP contribution in [0.2, 0.25) is 5.02 Å². The second kappa shape index (κ2) is 7.17. The predicted octanol–water partition coefficient (Wildman–Crippen LogP) is 4.64. The van der Waals surface area contributed by atoms with E-state index in [9.17, 15) is 0 Å². The zero-order valence-corrected chi connectivity index (χ0v) is 14.3. The molecule has 22 heavy (non-hydrogen) atoms. The Morgan fingerprint density at radius 2 is 1.68 bits per heavy atom. The van der Waals surface area contributed by atoms with E-state index >= 15 is 0 Å². The summed E-state index contributed by atoms with van der Waals surface area (Å²) in [5, 5.41) is 0.809. The molecule has 0 spiro atoms. The summed E-state index contributed by atoms with van der Waals surface area (Å²) in [7, 11) is 0. The van der Waals surface area contributed by atoms with Crippen LogP contribution in [-0.2, 0) is 5.41 Å². The van der Waals surface area contributed by atoms with Crippen LogP contribution >= 0.6 is 11.6 Å². The molecule has 0 aliphatic carbocycles. The van der Waals surface area contributed by atoms with Crippen LogP contribution in [0.4, 0.5) is 0 Å². The second-order valence-electron chi connectivity index (χ2n) is 6.10. The standard InChI is InChI=1S/C19H24ClNO/c1-14-11-17(12-15(2)18(14)20)22-10-9-19(3,13-21)16-7-5-4-6-8-16/h4-8,11-12H,9-10,13,21H2,1-3H3. The van der Waals surface area contributed by atoms with Crippen molar-refractivity contribution in [3.05, 3.63) is 64.2 Å². The lowest BCUT2D eigenvalue weighted by molar-refractivity contribution is 0.266. The van der Waals surface area contributed by atoms with Crippen molar-refractivity contribution in [2.75, 3.05) is 13.2 Å². The molecule has 0 aliphatic rings. The zero-order chi connectivity index (χ0) is 16.2. The van der Waals surface area contributed by atoms with Crippen LogP contribution < -0.4 is 10.5 Å². The van der Waals surface area contributed by atoms with Crippen molar-refractivity contribution in [1.29, 1.82) is 0 Å². The van der Waals surface area contributed by atoms with Gasteiger partial charge in [0, 0.05) is 17.0 Å². The molecule has 0 aliphatic heterocycles. The number of halogens is 1. The molecular weight excluding hydrogens is 294 g/mol. The molecule has 2 aromatic carbocycles. The fourth-order valence-electron chi connectivity index (χ4n) is 2.59. The number of ether oxygens (including phenoxy) is 1. The fourth-order valence-corrected chi connectivity index (χ4v) is 2.70. The Morgan fingerprint density at radius 3 is 2.23 bits per heavy atom. The van der Waals surface area contributed by atoms with E-state index in [1.807, 2.05) is 32.0 Å². The molecule has 2 aromatic rings. The van der Waals surface area contributed by atoms with Gasteiger partial charge in [0.25, 0.3) is 0 Å². The predicted molar refractivity (Wildman–Crippen MR) is 93.9 cm³/mol. The van der Waals surface area contributed by atoms with Crippen LogP contribution in [-0.4, -0.2) is 13.2 Å². The van der Waals surface area contributed by atoms with Gasteiger partial charge in [-0.3, -0.25) is 0 Å². The van der Waals surface area contributed by atoms with E-state index in [2.05, 4.69) is 31.2 Å². The van der Waals surface area contributed by atoms with Crippen LogP contribution in [0, 0.1) is 13.8 Å². The van der Waals surface area contributed by atoms with Gasteiger partial charge in [0.2, 0.25) is 0 Å². The molecule has 1 atom stereocenters. The lowest BCUT2D eigenvalue weighted by Crippen LogP contribution is -2.33. The molecule has 0 bridgehead atoms. The van der Waals surface area contributed by atoms with Gasteiger partial charge in [-0.25, -0.2) is 0 Å². The Labute approximate surface area is 138 Å². The van der Waals surface area contributed by atoms with E-state index in [-0.39, 0.29) is 5.41 Å². The Morgan fingerprint density at radius 1 is 1.09 bits per heavy atom. The van der Waals surface area contributed by atoms with Crippen LogP contribution in [0.25, 0.3) is 0 Å². The molecule has 0 saturated heterocycles. The first-order chi connectivity index (χ1) is 10.5. The highest BCUT2D eigenvalue weighted by atomic mass is 35.5. The topological polar surface area (TPSA) is 35.2 Å². The van der Waals surface area contributed by atoms with Gasteiger partial charge in [-0.2, -0.15) is 0 Å². The van der Waals surface area contributed by atoms with Gasteiger partial charge in [0.15, 0.2) is 0 Å². The van der Waals surface area contributed by atoms with Crippen molar-refractivity contribution in [1.82, 2.24) is 0 Å². The van der Waals surface area contributed by atoms with Crippen molar-refractivity contribution < 1.29 is 4.74 Å². The first-order valence-electron chi connectivity index (χ1n) is 7.61. The Kier molecular flexibility index (Phi) is 5.49. The van der Waals surface area contributed by atoms with E-state index in [0.29, 0.717) is 13.2 Å². The van der Waals surface area contributed by atoms with E-state index in [0.717, 1.165) is 28.3 Å². The maximum absolute atomic E-state index is 6.19. The van der Waals surface area contributed by atoms with Crippen LogP contribution in [0.3, 0.4) is 0 Å². The minimum absolute atomic E-state index is 0.0717. The van der Waals surface area contributed by atoms with Gasteiger partial charge in [-0.05, 0) is 49.1 Å². The van der Waals surface area contributed by atoms with Gasteiger partial charge < -0.3 is 10.5 Å². The van der Waals surface area contributed by atoms with Crippen LogP contribution in [0.1, 0.15) is 30.0 Å². The maximum atomic E-state index is 6.19. The van der Waals surface area contributed by atoms with Crippen LogP contribution in [0.15, 0.2) is 42.5 Å². The highest BCUT2D eigenvalue weighted by Crippen LogP contribution is 2.29. The SMILES string of the molecule is Cc1cc(OCCC(C)(CN)c2ccccc2)cc(C)c1Cl. The number of benzene rings is 2. The van der Waals surface area contributed by atoms with Gasteiger partial charge in [0.1, 0.15) is 5.75 Å². The molecule has 0 fully saturated rings. The van der Waals surface area contributed by atoms with E-state index in [1.54, 1.807) is 0 Å². The summed E-state index contributed by atoms with van der Waals surface area (Å²) in [4.78, 5) is 0. The lowest BCUT2D eigenvalue weighted by Gasteiger charge is -2.28. The van der Waals surface area contributed by atoms with Gasteiger partial charge >= 0.3 is 0 Å². The summed E-state index contributed by atoms with van der Waals surface area (Å²) in [6.45, 7) is 7.40. The molecule has 118 valence electrons. The van der Waals surface area contributed by atoms with Crippen molar-refractivity contribution in [2.24, 2.45) is 5.73 Å². The van der Waals surface area contributed by atoms with E-state index < -0.39 is 0 Å². The normalized spacial score (nSPS) is 13.7. The summed E-state index contributed by atoms with van der Waals surface area (Å²) >= 11 is 6.19. The third-order valence-corrected chi connectivity index (χ3v) is 4.85. The molecule has 2 nitrogen and oxygen atoms in total. The third kappa shape index (κ3) is 3.82. The molecule has 0 aromatic heterocycles. The average Bonchev–Trinajstić information content (AvgIpc) is 2.53. The number of rotatable bonds is 6. The van der Waals surface area contributed by atoms with Crippen molar-refractivity contribution in [2.45, 2.75) is 32.6 Å². The van der Waals surface area contributed by atoms with Crippen molar-refractivity contribution in [3.63, 3.8) is 0 Å². The molecular formula is C19H24ClNO. The second-order valence-corrected chi connectivity index (χ2v) is 6.48. The van der Waals surface area contributed by atoms with Crippen molar-refractivity contribution in [3.8, 4) is 5.75 Å². The zero-order valence-electron chi connectivity index (χ0n) is 13.5. The smallest absolute Gasteiger partial charge is 0.119 e. The number of hydrogen-bond acceptors (Lipinski definition) is 2. The highest BCUT2D eigenvalue weighted by molar-refractivity contribution is 6.32. The first-order valence-corrected chi connectivity index (χ1v) is 7.99. The molecule has 2 rings (SSSR count). The molecule has 0 heterocycles. The van der Waals surface area contributed by atoms with E-state index in [1.165, 1.54) is 5.56 Å². The quantitative estimate of drug-likeness (QED) is 0.842. The summed E-state index contributed by atoms with van der Waals surface area (Å²) < 4.78 is 5.93. The lowest BCUT2D eigenvalue weighted by atomic mass is 9.80. The van der Waals surface area contributed by atoms with Crippen LogP contribution in [0.5, 0.6) is 5.75 Å². The number of aryl methyl sites for hydroxylation is 2. The summed E-state index contributed by atoms with van der Waals surface area (Å²) in [5.74, 6) is 0.867. The maximum Gasteiger partial charge on any atom is 0.119 e. The Hall–Kier alpha value is -1.51. The fraction of sp³-hybridized carbons (Fsp3) is 0.368. The minimum atomic E-state index is -0.0717. The number of nitrogens with two attached hydrogens (primary N) is 1. The monoisotopic (exact) mass is 317 g/mol. The Balaban J connectivity index is 2.03. The summed E-state index contributed by atoms with van der Waals surface area (Å²) in [6, 6.07) is 14.4. The Bertz CT molecular complexity index is 604.